The number of amides is 1. The van der Waals surface area contributed by atoms with Gasteiger partial charge < -0.3 is 5.32 Å². The van der Waals surface area contributed by atoms with E-state index in [9.17, 15) is 9.18 Å². The van der Waals surface area contributed by atoms with Crippen molar-refractivity contribution in [3.63, 3.8) is 0 Å². The Morgan fingerprint density at radius 3 is 2.87 bits per heavy atom. The van der Waals surface area contributed by atoms with Crippen molar-refractivity contribution in [3.05, 3.63) is 65.4 Å². The lowest BCUT2D eigenvalue weighted by Crippen LogP contribution is -2.16. The highest BCUT2D eigenvalue weighted by Gasteiger charge is 2.19. The van der Waals surface area contributed by atoms with Gasteiger partial charge in [0.25, 0.3) is 5.91 Å². The highest BCUT2D eigenvalue weighted by molar-refractivity contribution is 6.04. The van der Waals surface area contributed by atoms with Crippen LogP contribution >= 0.6 is 0 Å². The largest absolute Gasteiger partial charge is 0.321 e. The van der Waals surface area contributed by atoms with E-state index in [-0.39, 0.29) is 11.7 Å². The molecule has 1 aromatic carbocycles. The minimum absolute atomic E-state index is 0.280. The standard InChI is InChI=1S/C18H18FN3O/c1-3-5-15-17(22-11-12(2)8-9-16(22)21-15)18(23)20-14-7-4-6-13(19)10-14/h4,6-11H,3,5H2,1-2H3,(H,20,23). The molecular weight excluding hydrogens is 293 g/mol. The second kappa shape index (κ2) is 6.20. The SMILES string of the molecule is CCCc1nc2ccc(C)cn2c1C(=O)Nc1cccc(F)c1. The van der Waals surface area contributed by atoms with Gasteiger partial charge in [-0.25, -0.2) is 9.37 Å². The molecule has 1 N–H and O–H groups in total. The van der Waals surface area contributed by atoms with E-state index in [1.54, 1.807) is 16.5 Å². The molecule has 0 unspecified atom stereocenters. The fourth-order valence-corrected chi connectivity index (χ4v) is 2.61. The maximum absolute atomic E-state index is 13.3. The quantitative estimate of drug-likeness (QED) is 0.792. The van der Waals surface area contributed by atoms with Crippen LogP contribution in [-0.2, 0) is 6.42 Å². The first-order chi connectivity index (χ1) is 11.1. The van der Waals surface area contributed by atoms with Crippen molar-refractivity contribution in [3.8, 4) is 0 Å². The van der Waals surface area contributed by atoms with E-state index in [1.807, 2.05) is 32.2 Å². The van der Waals surface area contributed by atoms with Gasteiger partial charge in [-0.15, -0.1) is 0 Å². The number of hydrogen-bond donors (Lipinski definition) is 1. The molecule has 0 radical (unpaired) electrons. The monoisotopic (exact) mass is 311 g/mol. The summed E-state index contributed by atoms with van der Waals surface area (Å²) in [7, 11) is 0. The van der Waals surface area contributed by atoms with E-state index < -0.39 is 0 Å². The number of halogens is 1. The molecule has 0 spiro atoms. The molecule has 0 atom stereocenters. The van der Waals surface area contributed by atoms with Crippen molar-refractivity contribution >= 4 is 17.2 Å². The van der Waals surface area contributed by atoms with Crippen molar-refractivity contribution < 1.29 is 9.18 Å². The highest BCUT2D eigenvalue weighted by atomic mass is 19.1. The van der Waals surface area contributed by atoms with E-state index in [2.05, 4.69) is 10.3 Å². The molecule has 0 saturated carbocycles. The van der Waals surface area contributed by atoms with Crippen molar-refractivity contribution in [1.82, 2.24) is 9.38 Å². The van der Waals surface area contributed by atoms with E-state index in [1.165, 1.54) is 12.1 Å². The third-order valence-electron chi connectivity index (χ3n) is 3.62. The maximum Gasteiger partial charge on any atom is 0.274 e. The van der Waals surface area contributed by atoms with Crippen LogP contribution in [0.25, 0.3) is 5.65 Å². The molecule has 3 rings (SSSR count). The summed E-state index contributed by atoms with van der Waals surface area (Å²) in [4.78, 5) is 17.3. The van der Waals surface area contributed by atoms with E-state index in [0.29, 0.717) is 17.8 Å². The van der Waals surface area contributed by atoms with Gasteiger partial charge in [-0.1, -0.05) is 25.5 Å². The Hall–Kier alpha value is -2.69. The van der Waals surface area contributed by atoms with Crippen LogP contribution in [0.15, 0.2) is 42.6 Å². The van der Waals surface area contributed by atoms with Crippen LogP contribution in [0.2, 0.25) is 0 Å². The Morgan fingerprint density at radius 1 is 1.30 bits per heavy atom. The van der Waals surface area contributed by atoms with Crippen molar-refractivity contribution in [2.75, 3.05) is 5.32 Å². The van der Waals surface area contributed by atoms with Crippen molar-refractivity contribution in [2.24, 2.45) is 0 Å². The number of nitrogens with one attached hydrogen (secondary N) is 1. The first-order valence-corrected chi connectivity index (χ1v) is 7.63. The molecule has 1 amide bonds. The summed E-state index contributed by atoms with van der Waals surface area (Å²) in [5, 5.41) is 2.76. The number of nitrogens with zero attached hydrogens (tertiary/aromatic N) is 2. The lowest BCUT2D eigenvalue weighted by Gasteiger charge is -2.07. The highest BCUT2D eigenvalue weighted by Crippen LogP contribution is 2.18. The molecule has 0 fully saturated rings. The van der Waals surface area contributed by atoms with Crippen LogP contribution in [-0.4, -0.2) is 15.3 Å². The van der Waals surface area contributed by atoms with Crippen LogP contribution in [0.5, 0.6) is 0 Å². The van der Waals surface area contributed by atoms with E-state index in [4.69, 9.17) is 0 Å². The topological polar surface area (TPSA) is 46.4 Å². The number of rotatable bonds is 4. The second-order valence-electron chi connectivity index (χ2n) is 5.56. The number of aryl methyl sites for hydroxylation is 2. The number of carbonyl (C=O) groups is 1. The van der Waals surface area contributed by atoms with Gasteiger partial charge in [0, 0.05) is 11.9 Å². The molecule has 23 heavy (non-hydrogen) atoms. The molecule has 2 aromatic heterocycles. The smallest absolute Gasteiger partial charge is 0.274 e. The number of carbonyl (C=O) groups excluding carboxylic acids is 1. The predicted molar refractivity (Wildman–Crippen MR) is 88.3 cm³/mol. The van der Waals surface area contributed by atoms with Gasteiger partial charge in [0.2, 0.25) is 0 Å². The third kappa shape index (κ3) is 3.08. The number of hydrogen-bond acceptors (Lipinski definition) is 2. The molecule has 4 nitrogen and oxygen atoms in total. The molecule has 0 aliphatic heterocycles. The first-order valence-electron chi connectivity index (χ1n) is 7.63. The number of pyridine rings is 1. The summed E-state index contributed by atoms with van der Waals surface area (Å²) in [6.07, 6.45) is 3.50. The number of fused-ring (bicyclic) bond motifs is 1. The average molecular weight is 311 g/mol. The molecule has 5 heteroatoms. The Morgan fingerprint density at radius 2 is 2.13 bits per heavy atom. The number of aromatic nitrogens is 2. The van der Waals surface area contributed by atoms with Gasteiger partial charge in [0.05, 0.1) is 5.69 Å². The number of imidazole rings is 1. The maximum atomic E-state index is 13.3. The lowest BCUT2D eigenvalue weighted by molar-refractivity contribution is 0.102. The van der Waals surface area contributed by atoms with Gasteiger partial charge in [-0.2, -0.15) is 0 Å². The zero-order chi connectivity index (χ0) is 16.4. The Labute approximate surface area is 134 Å². The van der Waals surface area contributed by atoms with Crippen LogP contribution in [0, 0.1) is 12.7 Å². The van der Waals surface area contributed by atoms with E-state index >= 15 is 0 Å². The second-order valence-corrected chi connectivity index (χ2v) is 5.56. The lowest BCUT2D eigenvalue weighted by atomic mass is 10.2. The number of benzene rings is 1. The van der Waals surface area contributed by atoms with Crippen LogP contribution in [0.1, 0.15) is 35.1 Å². The fourth-order valence-electron chi connectivity index (χ4n) is 2.61. The van der Waals surface area contributed by atoms with Crippen molar-refractivity contribution in [2.45, 2.75) is 26.7 Å². The Balaban J connectivity index is 2.04. The predicted octanol–water partition coefficient (Wildman–Crippen LogP) is 3.99. The summed E-state index contributed by atoms with van der Waals surface area (Å²) in [6.45, 7) is 4.01. The zero-order valence-corrected chi connectivity index (χ0v) is 13.1. The summed E-state index contributed by atoms with van der Waals surface area (Å²) < 4.78 is 15.1. The van der Waals surface area contributed by atoms with Crippen LogP contribution in [0.4, 0.5) is 10.1 Å². The molecular formula is C18H18FN3O. The summed E-state index contributed by atoms with van der Waals surface area (Å²) in [5.41, 5.74) is 3.48. The fraction of sp³-hybridized carbons (Fsp3) is 0.222. The molecule has 118 valence electrons. The molecule has 0 aliphatic rings. The van der Waals surface area contributed by atoms with Gasteiger partial charge in [-0.05, 0) is 43.2 Å². The minimum Gasteiger partial charge on any atom is -0.321 e. The van der Waals surface area contributed by atoms with Gasteiger partial charge >= 0.3 is 0 Å². The summed E-state index contributed by atoms with van der Waals surface area (Å²) in [5.74, 6) is -0.664. The molecule has 0 saturated heterocycles. The molecule has 0 bridgehead atoms. The summed E-state index contributed by atoms with van der Waals surface area (Å²) >= 11 is 0. The van der Waals surface area contributed by atoms with Gasteiger partial charge in [0.15, 0.2) is 0 Å². The van der Waals surface area contributed by atoms with Gasteiger partial charge in [-0.3, -0.25) is 9.20 Å². The first kappa shape index (κ1) is 15.2. The Kier molecular flexibility index (Phi) is 4.10. The van der Waals surface area contributed by atoms with Crippen molar-refractivity contribution in [1.29, 1.82) is 0 Å². The summed E-state index contributed by atoms with van der Waals surface area (Å²) in [6, 6.07) is 9.73. The normalized spacial score (nSPS) is 10.9. The molecule has 2 heterocycles. The van der Waals surface area contributed by atoms with Gasteiger partial charge in [0.1, 0.15) is 17.2 Å². The van der Waals surface area contributed by atoms with E-state index in [0.717, 1.165) is 23.3 Å². The van der Waals surface area contributed by atoms with Crippen LogP contribution in [0.3, 0.4) is 0 Å². The Bertz CT molecular complexity index is 870. The zero-order valence-electron chi connectivity index (χ0n) is 13.1. The third-order valence-corrected chi connectivity index (χ3v) is 3.62. The molecule has 0 aliphatic carbocycles. The molecule has 3 aromatic rings. The average Bonchev–Trinajstić information content (AvgIpc) is 2.85. The van der Waals surface area contributed by atoms with Crippen LogP contribution < -0.4 is 5.32 Å². The minimum atomic E-state index is -0.384. The number of anilines is 1.